The molecule has 1 aliphatic heterocycles. The van der Waals surface area contributed by atoms with E-state index < -0.39 is 0 Å². The first-order valence-corrected chi connectivity index (χ1v) is 22.7. The first-order chi connectivity index (χ1) is 26.2. The molecule has 0 spiro atoms. The number of hydrogen-bond donors (Lipinski definition) is 0. The summed E-state index contributed by atoms with van der Waals surface area (Å²) in [6.45, 7) is 9.13. The van der Waals surface area contributed by atoms with Gasteiger partial charge in [-0.05, 0) is 80.7 Å². The van der Waals surface area contributed by atoms with Crippen LogP contribution in [0.4, 0.5) is 0 Å². The molecule has 1 aliphatic rings. The number of unbranched alkanes of at least 4 members (excludes halogenated alkanes) is 20. The normalized spacial score (nSPS) is 12.9. The molecule has 2 nitrogen and oxygen atoms in total. The van der Waals surface area contributed by atoms with Crippen LogP contribution in [0.5, 0.6) is 0 Å². The SMILES string of the molecule is CCCCCCCCCCCCCCCC#CCCc1ccccc1C1=C(CCCC)C(CCCCCCCC)=C(c2cccc(CCCC)c2)[N+]1=[N-]. The van der Waals surface area contributed by atoms with Crippen LogP contribution in [0, 0.1) is 11.8 Å². The Morgan fingerprint density at radius 3 is 1.60 bits per heavy atom. The van der Waals surface area contributed by atoms with Crippen molar-refractivity contribution in [2.45, 2.75) is 214 Å². The van der Waals surface area contributed by atoms with Gasteiger partial charge in [0, 0.05) is 35.1 Å². The second-order valence-electron chi connectivity index (χ2n) is 15.9. The number of benzene rings is 2. The number of allylic oxidation sites excluding steroid dienone is 2. The van der Waals surface area contributed by atoms with Crippen LogP contribution < -0.4 is 0 Å². The zero-order valence-electron chi connectivity index (χ0n) is 35.0. The van der Waals surface area contributed by atoms with E-state index in [1.165, 1.54) is 163 Å². The van der Waals surface area contributed by atoms with Gasteiger partial charge in [0.05, 0.1) is 0 Å². The second-order valence-corrected chi connectivity index (χ2v) is 15.9. The summed E-state index contributed by atoms with van der Waals surface area (Å²) in [5, 5.41) is 0. The highest BCUT2D eigenvalue weighted by Gasteiger charge is 2.36. The van der Waals surface area contributed by atoms with Gasteiger partial charge < -0.3 is 5.53 Å². The second kappa shape index (κ2) is 28.5. The molecule has 0 fully saturated rings. The Morgan fingerprint density at radius 2 is 0.962 bits per heavy atom. The van der Waals surface area contributed by atoms with Crippen LogP contribution in [0.15, 0.2) is 59.7 Å². The van der Waals surface area contributed by atoms with Crippen molar-refractivity contribution in [2.75, 3.05) is 0 Å². The van der Waals surface area contributed by atoms with E-state index in [9.17, 15) is 5.53 Å². The standard InChI is InChI=1S/C51H78N2/c1-5-9-13-15-17-18-19-20-21-22-23-24-25-26-27-28-30-37-45-38-32-33-41-47(45)51-49(40-12-8-4)48(42-31-29-16-14-10-6-2)50(53(51)52)46-39-34-36-44(43-46)35-11-7-3/h32-34,36,38-39,41,43H,5-26,29-31,35,37,40,42H2,1-4H3. The van der Waals surface area contributed by atoms with E-state index in [0.717, 1.165) is 68.3 Å². The van der Waals surface area contributed by atoms with Crippen LogP contribution in [0.3, 0.4) is 0 Å². The van der Waals surface area contributed by atoms with Crippen molar-refractivity contribution in [1.82, 2.24) is 0 Å². The maximum Gasteiger partial charge on any atom is 0.211 e. The molecule has 0 atom stereocenters. The van der Waals surface area contributed by atoms with Crippen LogP contribution in [0.25, 0.3) is 16.9 Å². The third-order valence-electron chi connectivity index (χ3n) is 11.3. The van der Waals surface area contributed by atoms with Crippen LogP contribution >= 0.6 is 0 Å². The average molecular weight is 719 g/mol. The Bertz CT molecular complexity index is 1430. The van der Waals surface area contributed by atoms with Gasteiger partial charge in [-0.15, -0.1) is 11.8 Å². The van der Waals surface area contributed by atoms with Gasteiger partial charge in [0.25, 0.3) is 0 Å². The third-order valence-corrected chi connectivity index (χ3v) is 11.3. The zero-order valence-corrected chi connectivity index (χ0v) is 35.0. The average Bonchev–Trinajstić information content (AvgIpc) is 3.45. The summed E-state index contributed by atoms with van der Waals surface area (Å²) in [5.41, 5.74) is 22.0. The summed E-state index contributed by atoms with van der Waals surface area (Å²) < 4.78 is 1.59. The molecule has 0 N–H and O–H groups in total. The maximum atomic E-state index is 12.3. The van der Waals surface area contributed by atoms with E-state index in [1.807, 2.05) is 0 Å². The Labute approximate surface area is 328 Å². The number of rotatable bonds is 30. The fourth-order valence-corrected chi connectivity index (χ4v) is 8.03. The number of hydrogen-bond acceptors (Lipinski definition) is 0. The highest BCUT2D eigenvalue weighted by atomic mass is 15.2. The lowest BCUT2D eigenvalue weighted by Crippen LogP contribution is -2.05. The molecule has 2 heteroatoms. The molecule has 1 heterocycles. The molecular formula is C51H78N2. The third kappa shape index (κ3) is 16.5. The number of aryl methyl sites for hydroxylation is 2. The smallest absolute Gasteiger partial charge is 0.211 e. The molecule has 0 amide bonds. The van der Waals surface area contributed by atoms with Crippen LogP contribution in [-0.2, 0) is 12.8 Å². The molecular weight excluding hydrogens is 641 g/mol. The molecule has 2 aromatic rings. The van der Waals surface area contributed by atoms with Crippen molar-refractivity contribution in [3.8, 4) is 11.8 Å². The molecule has 3 rings (SSSR count). The quantitative estimate of drug-likeness (QED) is 0.0437. The maximum absolute atomic E-state index is 12.3. The van der Waals surface area contributed by atoms with Gasteiger partial charge in [0.15, 0.2) is 0 Å². The molecule has 0 unspecified atom stereocenters. The molecule has 0 aromatic heterocycles. The van der Waals surface area contributed by atoms with Crippen molar-refractivity contribution in [2.24, 2.45) is 0 Å². The van der Waals surface area contributed by atoms with Gasteiger partial charge >= 0.3 is 0 Å². The Balaban J connectivity index is 1.65. The lowest BCUT2D eigenvalue weighted by Gasteiger charge is -2.13. The van der Waals surface area contributed by atoms with Crippen molar-refractivity contribution < 1.29 is 4.70 Å². The van der Waals surface area contributed by atoms with E-state index in [1.54, 1.807) is 4.70 Å². The molecule has 2 aromatic carbocycles. The van der Waals surface area contributed by atoms with E-state index in [4.69, 9.17) is 0 Å². The highest BCUT2D eigenvalue weighted by molar-refractivity contribution is 5.83. The number of nitrogens with zero attached hydrogens (tertiary/aromatic N) is 2. The van der Waals surface area contributed by atoms with Gasteiger partial charge in [0.1, 0.15) is 0 Å². The summed E-state index contributed by atoms with van der Waals surface area (Å²) >= 11 is 0. The van der Waals surface area contributed by atoms with Crippen LogP contribution in [0.1, 0.15) is 223 Å². The van der Waals surface area contributed by atoms with Crippen LogP contribution in [0.2, 0.25) is 0 Å². The monoisotopic (exact) mass is 719 g/mol. The first kappa shape index (κ1) is 44.5. The molecule has 292 valence electrons. The minimum atomic E-state index is 0.864. The molecule has 53 heavy (non-hydrogen) atoms. The van der Waals surface area contributed by atoms with Gasteiger partial charge in [-0.1, -0.05) is 180 Å². The Hall–Kier alpha value is -2.92. The first-order valence-electron chi connectivity index (χ1n) is 22.7. The molecule has 0 saturated heterocycles. The van der Waals surface area contributed by atoms with Gasteiger partial charge in [-0.2, -0.15) is 0 Å². The summed E-state index contributed by atoms with van der Waals surface area (Å²) in [6.07, 6.45) is 36.3. The lowest BCUT2D eigenvalue weighted by atomic mass is 9.90. The summed E-state index contributed by atoms with van der Waals surface area (Å²) in [5.74, 6) is 7.01. The lowest BCUT2D eigenvalue weighted by molar-refractivity contribution is -0.345. The molecule has 0 bridgehead atoms. The fourth-order valence-electron chi connectivity index (χ4n) is 8.03. The predicted molar refractivity (Wildman–Crippen MR) is 233 cm³/mol. The van der Waals surface area contributed by atoms with E-state index in [-0.39, 0.29) is 0 Å². The topological polar surface area (TPSA) is 25.3 Å². The van der Waals surface area contributed by atoms with Crippen molar-refractivity contribution in [1.29, 1.82) is 0 Å². The minimum absolute atomic E-state index is 0.864. The summed E-state index contributed by atoms with van der Waals surface area (Å²) in [7, 11) is 0. The molecule has 0 radical (unpaired) electrons. The van der Waals surface area contributed by atoms with Crippen molar-refractivity contribution in [3.05, 3.63) is 87.5 Å². The molecule has 0 aliphatic carbocycles. The minimum Gasteiger partial charge on any atom is -0.493 e. The Morgan fingerprint density at radius 1 is 0.453 bits per heavy atom. The summed E-state index contributed by atoms with van der Waals surface area (Å²) in [6, 6.07) is 17.8. The van der Waals surface area contributed by atoms with Gasteiger partial charge in [-0.25, -0.2) is 4.70 Å². The van der Waals surface area contributed by atoms with Gasteiger partial charge in [0.2, 0.25) is 11.4 Å². The van der Waals surface area contributed by atoms with Gasteiger partial charge in [-0.3, -0.25) is 0 Å². The Kier molecular flexibility index (Phi) is 23.9. The van der Waals surface area contributed by atoms with E-state index in [2.05, 4.69) is 88.1 Å². The van der Waals surface area contributed by atoms with Crippen molar-refractivity contribution >= 4 is 11.4 Å². The highest BCUT2D eigenvalue weighted by Crippen LogP contribution is 2.45. The predicted octanol–water partition coefficient (Wildman–Crippen LogP) is 16.6. The zero-order chi connectivity index (χ0) is 37.8. The largest absolute Gasteiger partial charge is 0.493 e. The molecule has 0 saturated carbocycles. The summed E-state index contributed by atoms with van der Waals surface area (Å²) in [4.78, 5) is 0. The van der Waals surface area contributed by atoms with E-state index in [0.29, 0.717) is 0 Å². The van der Waals surface area contributed by atoms with Crippen LogP contribution in [-0.4, -0.2) is 4.70 Å². The van der Waals surface area contributed by atoms with E-state index >= 15 is 0 Å². The van der Waals surface area contributed by atoms with Crippen molar-refractivity contribution in [3.63, 3.8) is 0 Å². The fraction of sp³-hybridized carbons (Fsp3) is 0.647.